The smallest absolute Gasteiger partial charge is 0.417 e. The maximum absolute atomic E-state index is 15.4. The van der Waals surface area contributed by atoms with Crippen molar-refractivity contribution < 1.29 is 46.2 Å². The van der Waals surface area contributed by atoms with Gasteiger partial charge >= 0.3 is 24.3 Å². The first kappa shape index (κ1) is 30.5. The van der Waals surface area contributed by atoms with Crippen molar-refractivity contribution in [2.75, 3.05) is 43.4 Å². The van der Waals surface area contributed by atoms with E-state index >= 15 is 4.39 Å². The van der Waals surface area contributed by atoms with Crippen LogP contribution in [-0.4, -0.2) is 61.6 Å². The van der Waals surface area contributed by atoms with E-state index in [-0.39, 0.29) is 55.1 Å². The van der Waals surface area contributed by atoms with E-state index in [0.29, 0.717) is 0 Å². The average molecular weight is 612 g/mol. The van der Waals surface area contributed by atoms with Crippen LogP contribution in [-0.2, 0) is 15.7 Å². The molecule has 1 fully saturated rings. The molecule has 0 unspecified atom stereocenters. The Kier molecular flexibility index (Phi) is 9.14. The number of carbonyl (C=O) groups is 3. The molecular weight excluding hydrogens is 590 g/mol. The summed E-state index contributed by atoms with van der Waals surface area (Å²) >= 11 is 5.75. The van der Waals surface area contributed by atoms with E-state index in [2.05, 4.69) is 9.72 Å². The van der Waals surface area contributed by atoms with Crippen LogP contribution in [0.1, 0.15) is 16.1 Å². The Balaban J connectivity index is 1.61. The minimum Gasteiger partial charge on any atom is -0.457 e. The highest BCUT2D eigenvalue weighted by atomic mass is 35.5. The molecule has 0 bridgehead atoms. The number of pyridine rings is 1. The maximum atomic E-state index is 15.4. The average Bonchev–Trinajstić information content (AvgIpc) is 2.92. The molecule has 42 heavy (non-hydrogen) atoms. The third kappa shape index (κ3) is 7.05. The van der Waals surface area contributed by atoms with Crippen molar-refractivity contribution in [3.63, 3.8) is 0 Å². The summed E-state index contributed by atoms with van der Waals surface area (Å²) in [5, 5.41) is -0.531. The minimum atomic E-state index is -4.76. The van der Waals surface area contributed by atoms with E-state index in [1.165, 1.54) is 37.6 Å². The lowest BCUT2D eigenvalue weighted by Crippen LogP contribution is -2.59. The van der Waals surface area contributed by atoms with Crippen LogP contribution >= 0.6 is 11.6 Å². The second-order valence-electron chi connectivity index (χ2n) is 8.77. The number of benzene rings is 2. The lowest BCUT2D eigenvalue weighted by Gasteiger charge is -2.42. The number of halogens is 5. The predicted octanol–water partition coefficient (Wildman–Crippen LogP) is 5.23. The summed E-state index contributed by atoms with van der Waals surface area (Å²) < 4.78 is 70.9. The first-order valence-electron chi connectivity index (χ1n) is 12.0. The van der Waals surface area contributed by atoms with Crippen molar-refractivity contribution >= 4 is 41.1 Å². The van der Waals surface area contributed by atoms with Crippen molar-refractivity contribution in [3.05, 3.63) is 76.8 Å². The molecule has 1 aromatic heterocycles. The van der Waals surface area contributed by atoms with Crippen LogP contribution in [0.3, 0.4) is 0 Å². The Morgan fingerprint density at radius 2 is 1.76 bits per heavy atom. The maximum Gasteiger partial charge on any atom is 0.417 e. The molecule has 1 aliphatic heterocycles. The van der Waals surface area contributed by atoms with E-state index < -0.39 is 40.7 Å². The number of ether oxygens (including phenoxy) is 3. The molecule has 4 rings (SSSR count). The van der Waals surface area contributed by atoms with Gasteiger partial charge in [0.15, 0.2) is 11.5 Å². The summed E-state index contributed by atoms with van der Waals surface area (Å²) in [5.41, 5.74) is 3.14. The normalized spacial score (nSPS) is 14.2. The number of anilines is 2. The van der Waals surface area contributed by atoms with Gasteiger partial charge in [0.25, 0.3) is 0 Å². The molecule has 3 amide bonds. The second-order valence-corrected chi connectivity index (χ2v) is 9.18. The molecule has 16 heteroatoms. The van der Waals surface area contributed by atoms with Crippen molar-refractivity contribution in [1.29, 1.82) is 0 Å². The number of nitrogens with two attached hydrogens (primary N) is 1. The molecular formula is C26H22ClF4N5O6. The molecule has 0 saturated carbocycles. The number of esters is 1. The molecule has 0 atom stereocenters. The molecule has 0 aliphatic carbocycles. The van der Waals surface area contributed by atoms with E-state index in [1.807, 2.05) is 0 Å². The summed E-state index contributed by atoms with van der Waals surface area (Å²) in [6.07, 6.45) is -4.90. The van der Waals surface area contributed by atoms with Gasteiger partial charge in [-0.1, -0.05) is 11.6 Å². The third-order valence-corrected chi connectivity index (χ3v) is 6.23. The summed E-state index contributed by atoms with van der Waals surface area (Å²) in [4.78, 5) is 43.7. The Labute approximate surface area is 240 Å². The molecule has 0 spiro atoms. The Hall–Kier alpha value is -4.47. The lowest BCUT2D eigenvalue weighted by molar-refractivity contribution is -0.137. The van der Waals surface area contributed by atoms with Crippen molar-refractivity contribution in [2.24, 2.45) is 5.73 Å². The molecule has 2 aromatic carbocycles. The quantitative estimate of drug-likeness (QED) is 0.208. The van der Waals surface area contributed by atoms with Crippen molar-refractivity contribution in [2.45, 2.75) is 6.18 Å². The van der Waals surface area contributed by atoms with Crippen LogP contribution in [0.15, 0.2) is 54.7 Å². The van der Waals surface area contributed by atoms with Gasteiger partial charge in [-0.15, -0.1) is 0 Å². The zero-order chi connectivity index (χ0) is 30.6. The first-order chi connectivity index (χ1) is 19.9. The van der Waals surface area contributed by atoms with Crippen molar-refractivity contribution in [3.8, 4) is 11.5 Å². The van der Waals surface area contributed by atoms with Crippen LogP contribution in [0.2, 0.25) is 5.02 Å². The molecule has 0 radical (unpaired) electrons. The molecule has 1 saturated heterocycles. The number of carbonyl (C=O) groups excluding carboxylic acids is 3. The van der Waals surface area contributed by atoms with Crippen LogP contribution in [0.25, 0.3) is 0 Å². The van der Waals surface area contributed by atoms with Gasteiger partial charge in [-0.25, -0.2) is 23.8 Å². The van der Waals surface area contributed by atoms with Crippen molar-refractivity contribution in [1.82, 2.24) is 9.88 Å². The monoisotopic (exact) mass is 611 g/mol. The number of primary amides is 1. The molecule has 3 aromatic rings. The van der Waals surface area contributed by atoms with Gasteiger partial charge in [0.2, 0.25) is 0 Å². The molecule has 11 nitrogen and oxygen atoms in total. The Morgan fingerprint density at radius 1 is 1.05 bits per heavy atom. The third-order valence-electron chi connectivity index (χ3n) is 5.90. The Bertz CT molecular complexity index is 1510. The number of hydrogen-bond acceptors (Lipinski definition) is 8. The van der Waals surface area contributed by atoms with E-state index in [1.54, 1.807) is 4.90 Å². The largest absolute Gasteiger partial charge is 0.457 e. The Morgan fingerprint density at radius 3 is 2.43 bits per heavy atom. The summed E-state index contributed by atoms with van der Waals surface area (Å²) in [5.74, 6) is -1.99. The SMILES string of the molecule is COCCN1CN(c2ccc(Cl)c(C(F)(F)F)c2)C(=O)N(c2ccc(Oc3ccnc(C(=O)OC(N)=O)c3)cc2F)C1. The number of rotatable bonds is 8. The summed E-state index contributed by atoms with van der Waals surface area (Å²) in [6.45, 7) is 0.330. The molecule has 2 N–H and O–H groups in total. The van der Waals surface area contributed by atoms with Gasteiger partial charge < -0.3 is 19.9 Å². The number of aromatic nitrogens is 1. The van der Waals surface area contributed by atoms with E-state index in [0.717, 1.165) is 34.1 Å². The summed E-state index contributed by atoms with van der Waals surface area (Å²) in [7, 11) is 1.46. The zero-order valence-corrected chi connectivity index (χ0v) is 22.5. The molecule has 222 valence electrons. The lowest BCUT2D eigenvalue weighted by atomic mass is 10.1. The predicted molar refractivity (Wildman–Crippen MR) is 141 cm³/mol. The van der Waals surface area contributed by atoms with Crippen LogP contribution in [0.5, 0.6) is 11.5 Å². The fourth-order valence-electron chi connectivity index (χ4n) is 3.98. The van der Waals surface area contributed by atoms with E-state index in [9.17, 15) is 27.6 Å². The highest BCUT2D eigenvalue weighted by molar-refractivity contribution is 6.31. The van der Waals surface area contributed by atoms with Crippen LogP contribution in [0, 0.1) is 5.82 Å². The van der Waals surface area contributed by atoms with Gasteiger partial charge in [-0.2, -0.15) is 13.2 Å². The number of hydrogen-bond donors (Lipinski definition) is 1. The van der Waals surface area contributed by atoms with Crippen LogP contribution < -0.4 is 20.3 Å². The number of urea groups is 1. The van der Waals surface area contributed by atoms with Gasteiger partial charge in [0.1, 0.15) is 11.5 Å². The highest BCUT2D eigenvalue weighted by Gasteiger charge is 2.37. The van der Waals surface area contributed by atoms with Gasteiger partial charge in [-0.05, 0) is 36.4 Å². The summed E-state index contributed by atoms with van der Waals surface area (Å²) in [6, 6.07) is 8.35. The fourth-order valence-corrected chi connectivity index (χ4v) is 4.20. The number of methoxy groups -OCH3 is 1. The van der Waals surface area contributed by atoms with Gasteiger partial charge in [0, 0.05) is 37.7 Å². The first-order valence-corrected chi connectivity index (χ1v) is 12.4. The van der Waals surface area contributed by atoms with Gasteiger partial charge in [-0.3, -0.25) is 14.7 Å². The van der Waals surface area contributed by atoms with Crippen LogP contribution in [0.4, 0.5) is 38.5 Å². The highest BCUT2D eigenvalue weighted by Crippen LogP contribution is 2.38. The topological polar surface area (TPSA) is 128 Å². The second kappa shape index (κ2) is 12.6. The number of alkyl halides is 3. The zero-order valence-electron chi connectivity index (χ0n) is 21.7. The fraction of sp³-hybridized carbons (Fsp3) is 0.231. The molecule has 2 heterocycles. The number of amides is 3. The number of nitrogens with zero attached hydrogens (tertiary/aromatic N) is 4. The molecule has 1 aliphatic rings. The van der Waals surface area contributed by atoms with E-state index in [4.69, 9.17) is 26.8 Å². The minimum absolute atomic E-state index is 0.0262. The standard InChI is InChI=1S/C26H22ClF4N5O6/c1-40-9-8-34-13-35(15-2-4-19(27)18(10-15)26(29,30)31)25(39)36(14-34)22-5-3-16(11-20(22)28)41-17-6-7-33-21(12-17)23(37)42-24(32)38/h2-7,10-12H,8-9,13-14H2,1H3,(H2,32,38). The van der Waals surface area contributed by atoms with Gasteiger partial charge in [0.05, 0.1) is 36.2 Å².